The van der Waals surface area contributed by atoms with Crippen LogP contribution in [0.2, 0.25) is 0 Å². The number of ether oxygens (including phenoxy) is 1. The van der Waals surface area contributed by atoms with Gasteiger partial charge < -0.3 is 9.64 Å². The summed E-state index contributed by atoms with van der Waals surface area (Å²) in [5.41, 5.74) is 0.854. The highest BCUT2D eigenvalue weighted by Crippen LogP contribution is 2.14. The lowest BCUT2D eigenvalue weighted by molar-refractivity contribution is -0.125. The molecule has 0 unspecified atom stereocenters. The molecule has 1 aromatic carbocycles. The van der Waals surface area contributed by atoms with Gasteiger partial charge in [-0.2, -0.15) is 0 Å². The number of para-hydroxylation sites is 1. The number of carbonyl (C=O) groups is 1. The van der Waals surface area contributed by atoms with E-state index in [0.717, 1.165) is 5.56 Å². The largest absolute Gasteiger partial charge is 0.489 e. The highest BCUT2D eigenvalue weighted by atomic mass is 19.1. The molecule has 1 aromatic heterocycles. The molecule has 2 aromatic rings. The molecule has 0 N–H and O–H groups in total. The van der Waals surface area contributed by atoms with Crippen molar-refractivity contribution in [3.05, 3.63) is 66.2 Å². The molecule has 0 aliphatic rings. The Balaban J connectivity index is 1.79. The molecule has 2 rings (SSSR count). The Morgan fingerprint density at radius 1 is 1.32 bits per heavy atom. The summed E-state index contributed by atoms with van der Waals surface area (Å²) >= 11 is 0. The van der Waals surface area contributed by atoms with Gasteiger partial charge in [-0.1, -0.05) is 18.2 Å². The predicted octanol–water partition coefficient (Wildman–Crippen LogP) is 2.77. The van der Waals surface area contributed by atoms with Gasteiger partial charge in [-0.25, -0.2) is 4.39 Å². The van der Waals surface area contributed by atoms with Crippen LogP contribution in [0.1, 0.15) is 5.56 Å². The van der Waals surface area contributed by atoms with E-state index in [4.69, 9.17) is 4.74 Å². The van der Waals surface area contributed by atoms with Gasteiger partial charge in [0.25, 0.3) is 0 Å². The monoisotopic (exact) mass is 300 g/mol. The molecule has 0 bridgehead atoms. The Labute approximate surface area is 128 Å². The van der Waals surface area contributed by atoms with E-state index in [1.807, 2.05) is 6.07 Å². The molecule has 0 fully saturated rings. The predicted molar refractivity (Wildman–Crippen MR) is 82.8 cm³/mol. The van der Waals surface area contributed by atoms with Gasteiger partial charge in [0.05, 0.1) is 6.54 Å². The van der Waals surface area contributed by atoms with E-state index < -0.39 is 5.82 Å². The maximum atomic E-state index is 13.4. The molecule has 0 saturated carbocycles. The zero-order valence-corrected chi connectivity index (χ0v) is 12.3. The van der Waals surface area contributed by atoms with Crippen molar-refractivity contribution in [3.8, 4) is 5.75 Å². The van der Waals surface area contributed by atoms with Gasteiger partial charge in [-0.3, -0.25) is 9.78 Å². The first-order chi connectivity index (χ1) is 10.7. The maximum Gasteiger partial charge on any atom is 0.246 e. The zero-order chi connectivity index (χ0) is 15.8. The number of pyridine rings is 1. The fourth-order valence-corrected chi connectivity index (χ4v) is 1.73. The van der Waals surface area contributed by atoms with Crippen LogP contribution in [0.5, 0.6) is 5.75 Å². The van der Waals surface area contributed by atoms with E-state index in [1.54, 1.807) is 49.8 Å². The zero-order valence-electron chi connectivity index (χ0n) is 12.3. The molecular weight excluding hydrogens is 283 g/mol. The average Bonchev–Trinajstić information content (AvgIpc) is 2.55. The van der Waals surface area contributed by atoms with E-state index >= 15 is 0 Å². The number of nitrogens with zero attached hydrogens (tertiary/aromatic N) is 2. The summed E-state index contributed by atoms with van der Waals surface area (Å²) in [4.78, 5) is 17.4. The van der Waals surface area contributed by atoms with Crippen molar-refractivity contribution < 1.29 is 13.9 Å². The number of benzene rings is 1. The topological polar surface area (TPSA) is 42.4 Å². The smallest absolute Gasteiger partial charge is 0.246 e. The number of hydrogen-bond acceptors (Lipinski definition) is 3. The average molecular weight is 300 g/mol. The fraction of sp³-hybridized carbons (Fsp3) is 0.176. The standard InChI is InChI=1S/C17H17FN2O2/c1-20(11-12-22-16-7-3-2-6-15(16)18)17(21)9-8-14-5-4-10-19-13-14/h2-10,13H,11-12H2,1H3/b9-8+. The second-order valence-corrected chi connectivity index (χ2v) is 4.66. The molecule has 4 nitrogen and oxygen atoms in total. The minimum absolute atomic E-state index is 0.152. The van der Waals surface area contributed by atoms with Gasteiger partial charge in [0.2, 0.25) is 5.91 Å². The summed E-state index contributed by atoms with van der Waals surface area (Å²) in [6.07, 6.45) is 6.51. The summed E-state index contributed by atoms with van der Waals surface area (Å²) < 4.78 is 18.7. The molecule has 1 heterocycles. The van der Waals surface area contributed by atoms with Crippen LogP contribution in [0.4, 0.5) is 4.39 Å². The molecule has 0 radical (unpaired) electrons. The third-order valence-electron chi connectivity index (χ3n) is 3.00. The van der Waals surface area contributed by atoms with Crippen LogP contribution in [0.25, 0.3) is 6.08 Å². The number of rotatable bonds is 6. The quantitative estimate of drug-likeness (QED) is 0.770. The molecular formula is C17H17FN2O2. The molecule has 0 aliphatic heterocycles. The second-order valence-electron chi connectivity index (χ2n) is 4.66. The van der Waals surface area contributed by atoms with Crippen LogP contribution < -0.4 is 4.74 Å². The minimum atomic E-state index is -0.409. The highest BCUT2D eigenvalue weighted by Gasteiger charge is 2.06. The number of hydrogen-bond donors (Lipinski definition) is 0. The Bertz CT molecular complexity index is 644. The Morgan fingerprint density at radius 3 is 2.86 bits per heavy atom. The van der Waals surface area contributed by atoms with Gasteiger partial charge in [-0.05, 0) is 29.8 Å². The number of carbonyl (C=O) groups excluding carboxylic acids is 1. The van der Waals surface area contributed by atoms with Crippen LogP contribution in [0, 0.1) is 5.82 Å². The number of halogens is 1. The van der Waals surface area contributed by atoms with Crippen LogP contribution in [0.15, 0.2) is 54.9 Å². The molecule has 5 heteroatoms. The van der Waals surface area contributed by atoms with Crippen molar-refractivity contribution in [2.75, 3.05) is 20.2 Å². The lowest BCUT2D eigenvalue weighted by atomic mass is 10.2. The third-order valence-corrected chi connectivity index (χ3v) is 3.00. The van der Waals surface area contributed by atoms with Crippen molar-refractivity contribution in [1.29, 1.82) is 0 Å². The van der Waals surface area contributed by atoms with Crippen LogP contribution in [0.3, 0.4) is 0 Å². The van der Waals surface area contributed by atoms with Crippen molar-refractivity contribution in [1.82, 2.24) is 9.88 Å². The first kappa shape index (κ1) is 15.7. The highest BCUT2D eigenvalue weighted by molar-refractivity contribution is 5.91. The van der Waals surface area contributed by atoms with Crippen LogP contribution >= 0.6 is 0 Å². The van der Waals surface area contributed by atoms with E-state index in [1.165, 1.54) is 17.0 Å². The van der Waals surface area contributed by atoms with Crippen molar-refractivity contribution in [2.24, 2.45) is 0 Å². The van der Waals surface area contributed by atoms with E-state index in [9.17, 15) is 9.18 Å². The first-order valence-corrected chi connectivity index (χ1v) is 6.87. The molecule has 0 spiro atoms. The number of aromatic nitrogens is 1. The fourth-order valence-electron chi connectivity index (χ4n) is 1.73. The maximum absolute atomic E-state index is 13.4. The summed E-state index contributed by atoms with van der Waals surface area (Å²) in [5, 5.41) is 0. The summed E-state index contributed by atoms with van der Waals surface area (Å²) in [6.45, 7) is 0.592. The Kier molecular flexibility index (Phi) is 5.65. The summed E-state index contributed by atoms with van der Waals surface area (Å²) in [6, 6.07) is 9.85. The van der Waals surface area contributed by atoms with Crippen molar-refractivity contribution >= 4 is 12.0 Å². The lowest BCUT2D eigenvalue weighted by Crippen LogP contribution is -2.29. The molecule has 0 aliphatic carbocycles. The van der Waals surface area contributed by atoms with E-state index in [0.29, 0.717) is 6.54 Å². The molecule has 22 heavy (non-hydrogen) atoms. The van der Waals surface area contributed by atoms with Gasteiger partial charge in [0.1, 0.15) is 6.61 Å². The first-order valence-electron chi connectivity index (χ1n) is 6.87. The Morgan fingerprint density at radius 2 is 2.14 bits per heavy atom. The normalized spacial score (nSPS) is 10.6. The molecule has 0 atom stereocenters. The van der Waals surface area contributed by atoms with Crippen molar-refractivity contribution in [3.63, 3.8) is 0 Å². The third kappa shape index (κ3) is 4.70. The molecule has 114 valence electrons. The number of likely N-dealkylation sites (N-methyl/N-ethyl adjacent to an activating group) is 1. The van der Waals surface area contributed by atoms with Gasteiger partial charge >= 0.3 is 0 Å². The summed E-state index contributed by atoms with van der Waals surface area (Å²) in [5.74, 6) is -0.372. The number of amides is 1. The van der Waals surface area contributed by atoms with Gasteiger partial charge in [0.15, 0.2) is 11.6 Å². The SMILES string of the molecule is CN(CCOc1ccccc1F)C(=O)/C=C/c1cccnc1. The second kappa shape index (κ2) is 7.93. The molecule has 0 saturated heterocycles. The van der Waals surface area contributed by atoms with Gasteiger partial charge in [0, 0.05) is 25.5 Å². The summed E-state index contributed by atoms with van der Waals surface area (Å²) in [7, 11) is 1.67. The van der Waals surface area contributed by atoms with Gasteiger partial charge in [-0.15, -0.1) is 0 Å². The van der Waals surface area contributed by atoms with Crippen LogP contribution in [-0.2, 0) is 4.79 Å². The minimum Gasteiger partial charge on any atom is -0.489 e. The molecule has 1 amide bonds. The van der Waals surface area contributed by atoms with Crippen molar-refractivity contribution in [2.45, 2.75) is 0 Å². The van der Waals surface area contributed by atoms with E-state index in [2.05, 4.69) is 4.98 Å². The van der Waals surface area contributed by atoms with Crippen LogP contribution in [-0.4, -0.2) is 36.0 Å². The lowest BCUT2D eigenvalue weighted by Gasteiger charge is -2.15. The van der Waals surface area contributed by atoms with E-state index in [-0.39, 0.29) is 18.3 Å². The Hall–Kier alpha value is -2.69.